The molecule has 0 radical (unpaired) electrons. The van der Waals surface area contributed by atoms with Gasteiger partial charge in [0.15, 0.2) is 0 Å². The van der Waals surface area contributed by atoms with Gasteiger partial charge in [-0.1, -0.05) is 20.8 Å². The summed E-state index contributed by atoms with van der Waals surface area (Å²) in [6, 6.07) is 0. The molecule has 0 bridgehead atoms. The summed E-state index contributed by atoms with van der Waals surface area (Å²) in [5.41, 5.74) is 0.160. The first-order valence-electron chi connectivity index (χ1n) is 6.78. The summed E-state index contributed by atoms with van der Waals surface area (Å²) in [4.78, 5) is 25.1. The van der Waals surface area contributed by atoms with Crippen molar-refractivity contribution in [2.45, 2.75) is 46.1 Å². The van der Waals surface area contributed by atoms with Gasteiger partial charge in [0.05, 0.1) is 26.2 Å². The normalized spacial score (nSPS) is 20.2. The topological polar surface area (TPSA) is 55.8 Å². The molecule has 1 amide bonds. The molecule has 1 atom stereocenters. The Bertz CT molecular complexity index is 322. The fourth-order valence-corrected chi connectivity index (χ4v) is 1.98. The molecule has 0 aliphatic carbocycles. The molecule has 5 heteroatoms. The molecule has 0 aromatic carbocycles. The number of hydrogen-bond acceptors (Lipinski definition) is 4. The molecule has 1 saturated heterocycles. The van der Waals surface area contributed by atoms with E-state index in [0.717, 1.165) is 6.42 Å². The standard InChI is InChI=1S/C14H25NO4/c1-14(2,3)6-5-12(16)15-7-8-19-11(10-15)9-13(17)18-4/h11H,5-10H2,1-4H3. The lowest BCUT2D eigenvalue weighted by atomic mass is 9.90. The first-order valence-corrected chi connectivity index (χ1v) is 6.78. The van der Waals surface area contributed by atoms with Crippen LogP contribution in [0, 0.1) is 5.41 Å². The average molecular weight is 271 g/mol. The van der Waals surface area contributed by atoms with E-state index in [-0.39, 0.29) is 29.8 Å². The van der Waals surface area contributed by atoms with Gasteiger partial charge in [-0.2, -0.15) is 0 Å². The van der Waals surface area contributed by atoms with E-state index < -0.39 is 0 Å². The van der Waals surface area contributed by atoms with Gasteiger partial charge < -0.3 is 14.4 Å². The monoisotopic (exact) mass is 271 g/mol. The Kier molecular flexibility index (Phi) is 5.79. The summed E-state index contributed by atoms with van der Waals surface area (Å²) in [6.45, 7) is 7.96. The summed E-state index contributed by atoms with van der Waals surface area (Å²) < 4.78 is 10.1. The molecular formula is C14H25NO4. The van der Waals surface area contributed by atoms with Gasteiger partial charge in [-0.15, -0.1) is 0 Å². The zero-order valence-electron chi connectivity index (χ0n) is 12.4. The van der Waals surface area contributed by atoms with Crippen LogP contribution in [0.15, 0.2) is 0 Å². The maximum Gasteiger partial charge on any atom is 0.308 e. The van der Waals surface area contributed by atoms with Crippen LogP contribution in [0.3, 0.4) is 0 Å². The first kappa shape index (κ1) is 16.0. The average Bonchev–Trinajstić information content (AvgIpc) is 2.35. The molecule has 1 heterocycles. The lowest BCUT2D eigenvalue weighted by Crippen LogP contribution is -2.46. The smallest absolute Gasteiger partial charge is 0.308 e. The predicted molar refractivity (Wildman–Crippen MR) is 71.6 cm³/mol. The van der Waals surface area contributed by atoms with Gasteiger partial charge in [0.25, 0.3) is 0 Å². The second kappa shape index (κ2) is 6.89. The quantitative estimate of drug-likeness (QED) is 0.729. The molecule has 1 aliphatic heterocycles. The second-order valence-corrected chi connectivity index (χ2v) is 6.17. The Morgan fingerprint density at radius 1 is 1.37 bits per heavy atom. The first-order chi connectivity index (χ1) is 8.81. The maximum absolute atomic E-state index is 12.1. The minimum Gasteiger partial charge on any atom is -0.469 e. The van der Waals surface area contributed by atoms with E-state index in [1.165, 1.54) is 7.11 Å². The van der Waals surface area contributed by atoms with E-state index in [0.29, 0.717) is 26.1 Å². The molecule has 1 fully saturated rings. The number of rotatable bonds is 4. The Morgan fingerprint density at radius 3 is 2.63 bits per heavy atom. The van der Waals surface area contributed by atoms with Crippen molar-refractivity contribution in [2.24, 2.45) is 5.41 Å². The molecule has 110 valence electrons. The highest BCUT2D eigenvalue weighted by Gasteiger charge is 2.26. The lowest BCUT2D eigenvalue weighted by molar-refractivity contribution is -0.150. The van der Waals surface area contributed by atoms with E-state index in [2.05, 4.69) is 25.5 Å². The molecule has 5 nitrogen and oxygen atoms in total. The van der Waals surface area contributed by atoms with E-state index in [9.17, 15) is 9.59 Å². The summed E-state index contributed by atoms with van der Waals surface area (Å²) >= 11 is 0. The molecule has 0 aromatic rings. The number of methoxy groups -OCH3 is 1. The number of ether oxygens (including phenoxy) is 2. The highest BCUT2D eigenvalue weighted by Crippen LogP contribution is 2.21. The van der Waals surface area contributed by atoms with Gasteiger partial charge in [-0.25, -0.2) is 0 Å². The number of morpholine rings is 1. The molecule has 0 spiro atoms. The summed E-state index contributed by atoms with van der Waals surface area (Å²) in [5, 5.41) is 0. The Morgan fingerprint density at radius 2 is 2.05 bits per heavy atom. The fraction of sp³-hybridized carbons (Fsp3) is 0.857. The minimum absolute atomic E-state index is 0.146. The van der Waals surface area contributed by atoms with Gasteiger partial charge in [-0.05, 0) is 11.8 Å². The van der Waals surface area contributed by atoms with Crippen LogP contribution in [0.1, 0.15) is 40.0 Å². The SMILES string of the molecule is COC(=O)CC1CN(C(=O)CCC(C)(C)C)CCO1. The number of esters is 1. The highest BCUT2D eigenvalue weighted by atomic mass is 16.5. The summed E-state index contributed by atoms with van der Waals surface area (Å²) in [6.07, 6.45) is 1.39. The maximum atomic E-state index is 12.1. The molecule has 1 aliphatic rings. The number of hydrogen-bond donors (Lipinski definition) is 0. The van der Waals surface area contributed by atoms with Crippen LogP contribution in [0.25, 0.3) is 0 Å². The molecule has 1 unspecified atom stereocenters. The Hall–Kier alpha value is -1.10. The van der Waals surface area contributed by atoms with Crippen LogP contribution in [-0.4, -0.2) is 49.7 Å². The zero-order chi connectivity index (χ0) is 14.5. The van der Waals surface area contributed by atoms with Gasteiger partial charge >= 0.3 is 5.97 Å². The van der Waals surface area contributed by atoms with Crippen LogP contribution in [-0.2, 0) is 19.1 Å². The zero-order valence-corrected chi connectivity index (χ0v) is 12.4. The van der Waals surface area contributed by atoms with Crippen LogP contribution in [0.5, 0.6) is 0 Å². The van der Waals surface area contributed by atoms with Crippen LogP contribution >= 0.6 is 0 Å². The largest absolute Gasteiger partial charge is 0.469 e. The fourth-order valence-electron chi connectivity index (χ4n) is 1.98. The van der Waals surface area contributed by atoms with Crippen LogP contribution < -0.4 is 0 Å². The van der Waals surface area contributed by atoms with E-state index in [4.69, 9.17) is 4.74 Å². The third kappa shape index (κ3) is 6.05. The van der Waals surface area contributed by atoms with Crippen LogP contribution in [0.4, 0.5) is 0 Å². The number of carbonyl (C=O) groups excluding carboxylic acids is 2. The minimum atomic E-state index is -0.297. The van der Waals surface area contributed by atoms with Crippen molar-refractivity contribution in [1.82, 2.24) is 4.90 Å². The molecule has 19 heavy (non-hydrogen) atoms. The highest BCUT2D eigenvalue weighted by molar-refractivity contribution is 5.76. The van der Waals surface area contributed by atoms with Crippen molar-refractivity contribution in [3.8, 4) is 0 Å². The number of carbonyl (C=O) groups is 2. The molecular weight excluding hydrogens is 246 g/mol. The third-order valence-electron chi connectivity index (χ3n) is 3.20. The van der Waals surface area contributed by atoms with Crippen molar-refractivity contribution in [3.05, 3.63) is 0 Å². The van der Waals surface area contributed by atoms with Crippen molar-refractivity contribution < 1.29 is 19.1 Å². The van der Waals surface area contributed by atoms with E-state index in [1.807, 2.05) is 0 Å². The summed E-state index contributed by atoms with van der Waals surface area (Å²) in [7, 11) is 1.36. The van der Waals surface area contributed by atoms with Gasteiger partial charge in [0.2, 0.25) is 5.91 Å². The lowest BCUT2D eigenvalue weighted by Gasteiger charge is -2.33. The van der Waals surface area contributed by atoms with Gasteiger partial charge in [0, 0.05) is 19.5 Å². The Balaban J connectivity index is 2.41. The molecule has 1 rings (SSSR count). The molecule has 0 saturated carbocycles. The van der Waals surface area contributed by atoms with Crippen LogP contribution in [0.2, 0.25) is 0 Å². The Labute approximate surface area is 115 Å². The van der Waals surface area contributed by atoms with Crippen molar-refractivity contribution in [3.63, 3.8) is 0 Å². The van der Waals surface area contributed by atoms with Crippen molar-refractivity contribution in [2.75, 3.05) is 26.8 Å². The van der Waals surface area contributed by atoms with Gasteiger partial charge in [0.1, 0.15) is 0 Å². The van der Waals surface area contributed by atoms with E-state index in [1.54, 1.807) is 4.90 Å². The number of amides is 1. The van der Waals surface area contributed by atoms with Gasteiger partial charge in [-0.3, -0.25) is 9.59 Å². The van der Waals surface area contributed by atoms with Crippen molar-refractivity contribution in [1.29, 1.82) is 0 Å². The van der Waals surface area contributed by atoms with Crippen molar-refractivity contribution >= 4 is 11.9 Å². The molecule has 0 aromatic heterocycles. The van der Waals surface area contributed by atoms with E-state index >= 15 is 0 Å². The number of nitrogens with zero attached hydrogens (tertiary/aromatic N) is 1. The predicted octanol–water partition coefficient (Wildman–Crippen LogP) is 1.60. The third-order valence-corrected chi connectivity index (χ3v) is 3.20. The summed E-state index contributed by atoms with van der Waals surface area (Å²) in [5.74, 6) is -0.151. The molecule has 0 N–H and O–H groups in total. The second-order valence-electron chi connectivity index (χ2n) is 6.17.